The first kappa shape index (κ1) is 38.1. The first-order valence-corrected chi connectivity index (χ1v) is 18.9. The van der Waals surface area contributed by atoms with Gasteiger partial charge >= 0.3 is 0 Å². The van der Waals surface area contributed by atoms with Crippen molar-refractivity contribution in [2.45, 2.75) is 57.9 Å². The van der Waals surface area contributed by atoms with Crippen molar-refractivity contribution in [3.05, 3.63) is 76.4 Å². The first-order valence-electron chi connectivity index (χ1n) is 18.9. The minimum atomic E-state index is -1.02. The molecule has 4 aliphatic heterocycles. The number of halogens is 1. The summed E-state index contributed by atoms with van der Waals surface area (Å²) in [6, 6.07) is 8.08. The third kappa shape index (κ3) is 7.96. The lowest BCUT2D eigenvalue weighted by Crippen LogP contribution is -2.54. The van der Waals surface area contributed by atoms with Gasteiger partial charge in [-0.1, -0.05) is 18.9 Å². The summed E-state index contributed by atoms with van der Waals surface area (Å²) in [5, 5.41) is 11.1. The zero-order chi connectivity index (χ0) is 39.5. The average molecular weight is 767 g/mol. The van der Waals surface area contributed by atoms with Crippen molar-refractivity contribution in [3.63, 3.8) is 0 Å². The third-order valence-electron chi connectivity index (χ3n) is 10.7. The molecule has 1 aromatic heterocycles. The van der Waals surface area contributed by atoms with Crippen molar-refractivity contribution < 1.29 is 38.0 Å². The zero-order valence-corrected chi connectivity index (χ0v) is 31.0. The van der Waals surface area contributed by atoms with Crippen LogP contribution in [0.4, 0.5) is 21.5 Å². The van der Waals surface area contributed by atoms with Crippen LogP contribution in [-0.4, -0.2) is 106 Å². The van der Waals surface area contributed by atoms with Crippen molar-refractivity contribution in [1.29, 1.82) is 0 Å². The van der Waals surface area contributed by atoms with Gasteiger partial charge in [-0.3, -0.25) is 48.7 Å². The number of rotatable bonds is 13. The Balaban J connectivity index is 0.792. The van der Waals surface area contributed by atoms with Gasteiger partial charge in [-0.2, -0.15) is 0 Å². The fraction of sp³-hybridized carbons (Fsp3) is 0.375. The topological polar surface area (TPSA) is 193 Å². The maximum absolute atomic E-state index is 13.8. The number of nitrogens with zero attached hydrogens (tertiary/aromatic N) is 3. The monoisotopic (exact) mass is 766 g/mol. The molecule has 15 nitrogen and oxygen atoms in total. The number of benzene rings is 2. The maximum atomic E-state index is 13.8. The molecule has 7 rings (SSSR count). The molecule has 0 saturated carbocycles. The molecule has 16 heteroatoms. The van der Waals surface area contributed by atoms with Gasteiger partial charge in [-0.15, -0.1) is 0 Å². The van der Waals surface area contributed by atoms with E-state index in [1.54, 1.807) is 30.5 Å². The molecular formula is C40H43FN8O7. The Kier molecular flexibility index (Phi) is 11.1. The van der Waals surface area contributed by atoms with Gasteiger partial charge in [0.05, 0.1) is 28.9 Å². The summed E-state index contributed by atoms with van der Waals surface area (Å²) in [5.41, 5.74) is 4.28. The molecule has 2 aromatic carbocycles. The second-order valence-electron chi connectivity index (χ2n) is 14.4. The number of piperidine rings is 1. The van der Waals surface area contributed by atoms with E-state index in [1.807, 2.05) is 16.7 Å². The fourth-order valence-corrected chi connectivity index (χ4v) is 7.59. The number of nitrogens with one attached hydrogen (secondary N) is 5. The van der Waals surface area contributed by atoms with Crippen molar-refractivity contribution in [1.82, 2.24) is 25.0 Å². The summed E-state index contributed by atoms with van der Waals surface area (Å²) >= 11 is 0. The largest absolute Gasteiger partial charge is 0.384 e. The predicted molar refractivity (Wildman–Crippen MR) is 205 cm³/mol. The Bertz CT molecular complexity index is 2150. The van der Waals surface area contributed by atoms with Crippen LogP contribution in [0.25, 0.3) is 11.6 Å². The minimum absolute atomic E-state index is 0.0585. The Morgan fingerprint density at radius 2 is 1.70 bits per heavy atom. The molecule has 5 heterocycles. The van der Waals surface area contributed by atoms with E-state index >= 15 is 0 Å². The zero-order valence-electron chi connectivity index (χ0n) is 31.0. The van der Waals surface area contributed by atoms with Crippen molar-refractivity contribution in [2.75, 3.05) is 55.2 Å². The van der Waals surface area contributed by atoms with Crippen LogP contribution in [0.2, 0.25) is 0 Å². The van der Waals surface area contributed by atoms with Gasteiger partial charge < -0.3 is 25.8 Å². The molecule has 2 fully saturated rings. The first-order chi connectivity index (χ1) is 27.0. The highest BCUT2D eigenvalue weighted by Crippen LogP contribution is 2.35. The van der Waals surface area contributed by atoms with E-state index in [0.29, 0.717) is 73.0 Å². The molecule has 1 atom stereocenters. The summed E-state index contributed by atoms with van der Waals surface area (Å²) in [5.74, 6) is -3.04. The van der Waals surface area contributed by atoms with Crippen molar-refractivity contribution in [2.24, 2.45) is 0 Å². The quantitative estimate of drug-likeness (QED) is 0.0984. The summed E-state index contributed by atoms with van der Waals surface area (Å²) in [6.45, 7) is 4.75. The summed E-state index contributed by atoms with van der Waals surface area (Å²) in [6.07, 6.45) is 7.11. The molecule has 56 heavy (non-hydrogen) atoms. The van der Waals surface area contributed by atoms with E-state index in [2.05, 4.69) is 26.3 Å². The molecule has 4 aliphatic rings. The smallest absolute Gasteiger partial charge is 0.264 e. The Hall–Kier alpha value is -6.16. The van der Waals surface area contributed by atoms with Crippen LogP contribution in [-0.2, 0) is 24.0 Å². The van der Waals surface area contributed by atoms with E-state index < -0.39 is 35.5 Å². The number of piperazine rings is 1. The Labute approximate surface area is 322 Å². The number of aromatic amines is 1. The SMILES string of the molecule is Cc1c(NC(=O)CN2CCN(C(=O)CCCCCCNc3cccc4c3C(=O)N(C3CCC(=O)NC3=O)C4=O)CC2)c[nH]c1/C=C1\C(=O)Nc2ccc(F)cc21. The lowest BCUT2D eigenvalue weighted by Gasteiger charge is -2.34. The van der Waals surface area contributed by atoms with Crippen molar-refractivity contribution in [3.8, 4) is 0 Å². The molecule has 0 aliphatic carbocycles. The molecule has 0 bridgehead atoms. The van der Waals surface area contributed by atoms with Crippen LogP contribution in [0, 0.1) is 12.7 Å². The number of fused-ring (bicyclic) bond motifs is 2. The summed E-state index contributed by atoms with van der Waals surface area (Å²) < 4.78 is 13.8. The van der Waals surface area contributed by atoms with Gasteiger partial charge in [0.25, 0.3) is 17.7 Å². The number of carbonyl (C=O) groups is 7. The molecule has 3 aromatic rings. The average Bonchev–Trinajstić information content (AvgIpc) is 3.77. The minimum Gasteiger partial charge on any atom is -0.384 e. The van der Waals surface area contributed by atoms with Crippen LogP contribution in [0.5, 0.6) is 0 Å². The van der Waals surface area contributed by atoms with Crippen LogP contribution in [0.15, 0.2) is 42.6 Å². The summed E-state index contributed by atoms with van der Waals surface area (Å²) in [7, 11) is 0. The van der Waals surface area contributed by atoms with Gasteiger partial charge in [-0.05, 0) is 68.2 Å². The van der Waals surface area contributed by atoms with Gasteiger partial charge in [-0.25, -0.2) is 4.39 Å². The molecule has 5 N–H and O–H groups in total. The van der Waals surface area contributed by atoms with E-state index in [-0.39, 0.29) is 48.2 Å². The maximum Gasteiger partial charge on any atom is 0.264 e. The highest BCUT2D eigenvalue weighted by atomic mass is 19.1. The molecule has 7 amide bonds. The fourth-order valence-electron chi connectivity index (χ4n) is 7.59. The number of aromatic nitrogens is 1. The molecule has 2 saturated heterocycles. The number of H-pyrrole nitrogens is 1. The summed E-state index contributed by atoms with van der Waals surface area (Å²) in [4.78, 5) is 96.5. The van der Waals surface area contributed by atoms with Gasteiger partial charge in [0.2, 0.25) is 23.6 Å². The number of amides is 7. The van der Waals surface area contributed by atoms with Crippen LogP contribution >= 0.6 is 0 Å². The molecule has 0 radical (unpaired) electrons. The Morgan fingerprint density at radius 1 is 0.911 bits per heavy atom. The molecular weight excluding hydrogens is 723 g/mol. The number of anilines is 3. The highest BCUT2D eigenvalue weighted by molar-refractivity contribution is 6.35. The predicted octanol–water partition coefficient (Wildman–Crippen LogP) is 3.50. The van der Waals surface area contributed by atoms with Gasteiger partial charge in [0.15, 0.2) is 0 Å². The Morgan fingerprint density at radius 3 is 2.48 bits per heavy atom. The number of unbranched alkanes of at least 4 members (excludes halogenated alkanes) is 3. The third-order valence-corrected chi connectivity index (χ3v) is 10.7. The van der Waals surface area contributed by atoms with Crippen molar-refractivity contribution >= 4 is 70.1 Å². The second kappa shape index (κ2) is 16.3. The number of hydrogen-bond donors (Lipinski definition) is 5. The standard InChI is InChI=1S/C40H43FN8O7/c1-23-30(20-27-26-19-24(41)10-11-28(26)45-37(27)53)43-21-31(23)44-34(51)22-47-15-17-48(18-16-47)35(52)9-4-2-3-5-14-42-29-8-6-7-25-36(29)40(56)49(39(25)55)32-12-13-33(50)46-38(32)54/h6-8,10-11,19-21,32,42-43H,2-5,9,12-18,22H2,1H3,(H,44,51)(H,45,53)(H,46,50,54)/b27-20-. The van der Waals surface area contributed by atoms with Crippen LogP contribution in [0.1, 0.15) is 82.5 Å². The van der Waals surface area contributed by atoms with Crippen LogP contribution in [0.3, 0.4) is 0 Å². The van der Waals surface area contributed by atoms with Gasteiger partial charge in [0.1, 0.15) is 11.9 Å². The van der Waals surface area contributed by atoms with E-state index in [4.69, 9.17) is 0 Å². The van der Waals surface area contributed by atoms with E-state index in [1.165, 1.54) is 18.2 Å². The highest BCUT2D eigenvalue weighted by Gasteiger charge is 2.45. The van der Waals surface area contributed by atoms with E-state index in [9.17, 15) is 38.0 Å². The van der Waals surface area contributed by atoms with E-state index in [0.717, 1.165) is 36.1 Å². The molecule has 1 unspecified atom stereocenters. The lowest BCUT2D eigenvalue weighted by atomic mass is 10.0. The molecule has 292 valence electrons. The second-order valence-corrected chi connectivity index (χ2v) is 14.4. The lowest BCUT2D eigenvalue weighted by molar-refractivity contribution is -0.136. The number of carbonyl (C=O) groups excluding carboxylic acids is 7. The number of hydrogen-bond acceptors (Lipinski definition) is 9. The number of imide groups is 2. The normalized spacial score (nSPS) is 18.9. The van der Waals surface area contributed by atoms with Crippen LogP contribution < -0.4 is 21.3 Å². The van der Waals surface area contributed by atoms with Gasteiger partial charge in [0, 0.05) is 74.4 Å². The molecule has 0 spiro atoms.